The second-order valence-corrected chi connectivity index (χ2v) is 8.83. The van der Waals surface area contributed by atoms with Crippen molar-refractivity contribution in [2.24, 2.45) is 5.92 Å². The third kappa shape index (κ3) is 4.18. The third-order valence-corrected chi connectivity index (χ3v) is 6.67. The first kappa shape index (κ1) is 20.7. The SMILES string of the molecule is CC1CCc2c(sc(NC(=O)c3ccc(C(=O)C(=O)c4ccccc4)cc3)c2C#N)C1. The van der Waals surface area contributed by atoms with E-state index in [1.807, 2.05) is 0 Å². The van der Waals surface area contributed by atoms with Crippen molar-refractivity contribution < 1.29 is 14.4 Å². The fraction of sp³-hybridized carbons (Fsp3) is 0.200. The number of hydrogen-bond acceptors (Lipinski definition) is 5. The maximum absolute atomic E-state index is 12.7. The van der Waals surface area contributed by atoms with E-state index in [2.05, 4.69) is 18.3 Å². The lowest BCUT2D eigenvalue weighted by Gasteiger charge is -2.17. The van der Waals surface area contributed by atoms with E-state index in [0.717, 1.165) is 24.8 Å². The fourth-order valence-corrected chi connectivity index (χ4v) is 5.11. The Bertz CT molecular complexity index is 1200. The molecule has 6 heteroatoms. The molecule has 4 rings (SSSR count). The minimum atomic E-state index is -0.620. The Hall–Kier alpha value is -3.56. The van der Waals surface area contributed by atoms with Crippen molar-refractivity contribution in [2.75, 3.05) is 5.32 Å². The van der Waals surface area contributed by atoms with Gasteiger partial charge >= 0.3 is 0 Å². The number of nitriles is 1. The van der Waals surface area contributed by atoms with Gasteiger partial charge in [0.1, 0.15) is 11.1 Å². The van der Waals surface area contributed by atoms with Gasteiger partial charge in [-0.2, -0.15) is 5.26 Å². The van der Waals surface area contributed by atoms with E-state index in [9.17, 15) is 19.6 Å². The van der Waals surface area contributed by atoms with Crippen LogP contribution >= 0.6 is 11.3 Å². The number of benzene rings is 2. The van der Waals surface area contributed by atoms with Gasteiger partial charge in [0.15, 0.2) is 0 Å². The van der Waals surface area contributed by atoms with Gasteiger partial charge in [0, 0.05) is 21.6 Å². The minimum Gasteiger partial charge on any atom is -0.312 e. The molecule has 0 fully saturated rings. The summed E-state index contributed by atoms with van der Waals surface area (Å²) in [6, 6.07) is 16.6. The lowest BCUT2D eigenvalue weighted by Crippen LogP contribution is -2.15. The van der Waals surface area contributed by atoms with Crippen LogP contribution in [0.2, 0.25) is 0 Å². The Morgan fingerprint density at radius 2 is 1.58 bits per heavy atom. The van der Waals surface area contributed by atoms with Gasteiger partial charge in [0.2, 0.25) is 11.6 Å². The Morgan fingerprint density at radius 1 is 0.968 bits per heavy atom. The summed E-state index contributed by atoms with van der Waals surface area (Å²) < 4.78 is 0. The third-order valence-electron chi connectivity index (χ3n) is 5.50. The number of carbonyl (C=O) groups is 3. The summed E-state index contributed by atoms with van der Waals surface area (Å²) in [6.07, 6.45) is 2.83. The quantitative estimate of drug-likeness (QED) is 0.454. The predicted octanol–water partition coefficient (Wildman–Crippen LogP) is 5.06. The molecule has 1 aromatic heterocycles. The van der Waals surface area contributed by atoms with Crippen LogP contribution in [0.1, 0.15) is 60.4 Å². The maximum atomic E-state index is 12.7. The first-order valence-electron chi connectivity index (χ1n) is 10.1. The molecule has 3 aromatic rings. The highest BCUT2D eigenvalue weighted by Gasteiger charge is 2.25. The number of fused-ring (bicyclic) bond motifs is 1. The molecule has 0 bridgehead atoms. The smallest absolute Gasteiger partial charge is 0.256 e. The zero-order valence-corrected chi connectivity index (χ0v) is 17.8. The normalized spacial score (nSPS) is 14.9. The molecule has 0 radical (unpaired) electrons. The highest BCUT2D eigenvalue weighted by Crippen LogP contribution is 2.39. The summed E-state index contributed by atoms with van der Waals surface area (Å²) in [4.78, 5) is 38.7. The van der Waals surface area contributed by atoms with Gasteiger partial charge in [-0.3, -0.25) is 14.4 Å². The van der Waals surface area contributed by atoms with Gasteiger partial charge in [0.25, 0.3) is 5.91 Å². The van der Waals surface area contributed by atoms with Crippen molar-refractivity contribution in [1.29, 1.82) is 5.26 Å². The van der Waals surface area contributed by atoms with Crippen LogP contribution < -0.4 is 5.32 Å². The number of amides is 1. The number of carbonyl (C=O) groups excluding carboxylic acids is 3. The van der Waals surface area contributed by atoms with E-state index in [-0.39, 0.29) is 11.5 Å². The molecule has 1 aliphatic rings. The summed E-state index contributed by atoms with van der Waals surface area (Å²) in [5, 5.41) is 13.0. The first-order chi connectivity index (χ1) is 15.0. The van der Waals surface area contributed by atoms with Crippen LogP contribution in [0.5, 0.6) is 0 Å². The van der Waals surface area contributed by atoms with Crippen molar-refractivity contribution >= 4 is 33.8 Å². The van der Waals surface area contributed by atoms with Crippen LogP contribution in [0.3, 0.4) is 0 Å². The summed E-state index contributed by atoms with van der Waals surface area (Å²) >= 11 is 1.47. The summed E-state index contributed by atoms with van der Waals surface area (Å²) in [7, 11) is 0. The number of rotatable bonds is 5. The molecule has 1 N–H and O–H groups in total. The summed E-state index contributed by atoms with van der Waals surface area (Å²) in [6.45, 7) is 2.19. The summed E-state index contributed by atoms with van der Waals surface area (Å²) in [5.41, 5.74) is 2.52. The predicted molar refractivity (Wildman–Crippen MR) is 120 cm³/mol. The van der Waals surface area contributed by atoms with E-state index in [1.165, 1.54) is 40.5 Å². The van der Waals surface area contributed by atoms with Crippen LogP contribution in [0.4, 0.5) is 5.00 Å². The van der Waals surface area contributed by atoms with E-state index < -0.39 is 11.6 Å². The Kier molecular flexibility index (Phi) is 5.79. The van der Waals surface area contributed by atoms with E-state index in [4.69, 9.17) is 0 Å². The molecule has 31 heavy (non-hydrogen) atoms. The molecule has 0 saturated heterocycles. The standard InChI is InChI=1S/C25H20N2O3S/c1-15-7-12-19-20(14-26)25(31-21(19)13-15)27-24(30)18-10-8-17(9-11-18)23(29)22(28)16-5-3-2-4-6-16/h2-6,8-11,15H,7,12-13H2,1H3,(H,27,30). The van der Waals surface area contributed by atoms with Crippen LogP contribution in [0.25, 0.3) is 0 Å². The molecule has 2 aromatic carbocycles. The van der Waals surface area contributed by atoms with E-state index >= 15 is 0 Å². The number of hydrogen-bond donors (Lipinski definition) is 1. The number of nitrogens with zero attached hydrogens (tertiary/aromatic N) is 1. The molecule has 1 heterocycles. The molecule has 0 aliphatic heterocycles. The van der Waals surface area contributed by atoms with E-state index in [1.54, 1.807) is 30.3 Å². The van der Waals surface area contributed by atoms with Crippen LogP contribution in [0.15, 0.2) is 54.6 Å². The maximum Gasteiger partial charge on any atom is 0.256 e. The number of thiophene rings is 1. The van der Waals surface area contributed by atoms with Crippen LogP contribution in [-0.2, 0) is 12.8 Å². The lowest BCUT2D eigenvalue weighted by molar-refractivity contribution is 0.0817. The van der Waals surface area contributed by atoms with Crippen molar-refractivity contribution in [3.8, 4) is 6.07 Å². The van der Waals surface area contributed by atoms with Crippen LogP contribution in [0, 0.1) is 17.2 Å². The molecular weight excluding hydrogens is 408 g/mol. The number of anilines is 1. The monoisotopic (exact) mass is 428 g/mol. The molecule has 0 saturated carbocycles. The average molecular weight is 429 g/mol. The highest BCUT2D eigenvalue weighted by atomic mass is 32.1. The molecule has 1 atom stereocenters. The van der Waals surface area contributed by atoms with Crippen molar-refractivity contribution in [3.63, 3.8) is 0 Å². The molecule has 154 valence electrons. The van der Waals surface area contributed by atoms with Gasteiger partial charge in [-0.05, 0) is 42.9 Å². The number of ketones is 2. The topological polar surface area (TPSA) is 87.0 Å². The van der Waals surface area contributed by atoms with Gasteiger partial charge in [-0.1, -0.05) is 49.4 Å². The Balaban J connectivity index is 1.50. The summed E-state index contributed by atoms with van der Waals surface area (Å²) in [5.74, 6) is -0.985. The Morgan fingerprint density at radius 3 is 2.23 bits per heavy atom. The highest BCUT2D eigenvalue weighted by molar-refractivity contribution is 7.16. The van der Waals surface area contributed by atoms with Gasteiger partial charge in [0.05, 0.1) is 5.56 Å². The molecule has 1 amide bonds. The van der Waals surface area contributed by atoms with E-state index in [0.29, 0.717) is 27.6 Å². The number of Topliss-reactive ketones (excluding diaryl/α,β-unsaturated/α-hetero) is 2. The largest absolute Gasteiger partial charge is 0.312 e. The molecule has 0 spiro atoms. The average Bonchev–Trinajstić information content (AvgIpc) is 3.14. The van der Waals surface area contributed by atoms with Gasteiger partial charge in [-0.25, -0.2) is 0 Å². The molecular formula is C25H20N2O3S. The lowest BCUT2D eigenvalue weighted by atomic mass is 9.88. The second kappa shape index (κ2) is 8.66. The fourth-order valence-electron chi connectivity index (χ4n) is 3.76. The molecule has 5 nitrogen and oxygen atoms in total. The zero-order chi connectivity index (χ0) is 22.0. The van der Waals surface area contributed by atoms with Crippen molar-refractivity contribution in [1.82, 2.24) is 0 Å². The van der Waals surface area contributed by atoms with Crippen molar-refractivity contribution in [2.45, 2.75) is 26.2 Å². The van der Waals surface area contributed by atoms with Crippen molar-refractivity contribution in [3.05, 3.63) is 87.3 Å². The van der Waals surface area contributed by atoms with Crippen LogP contribution in [-0.4, -0.2) is 17.5 Å². The zero-order valence-electron chi connectivity index (χ0n) is 17.0. The first-order valence-corrected chi connectivity index (χ1v) is 10.9. The van der Waals surface area contributed by atoms with Gasteiger partial charge < -0.3 is 5.32 Å². The molecule has 1 unspecified atom stereocenters. The second-order valence-electron chi connectivity index (χ2n) is 7.72. The molecule has 1 aliphatic carbocycles. The van der Waals surface area contributed by atoms with Gasteiger partial charge in [-0.15, -0.1) is 11.3 Å². The number of nitrogens with one attached hydrogen (secondary N) is 1. The Labute approximate surface area is 184 Å². The minimum absolute atomic E-state index is 0.226.